The number of carbonyl (C=O) groups is 2. The van der Waals surface area contributed by atoms with Crippen molar-refractivity contribution in [1.82, 2.24) is 5.32 Å². The zero-order chi connectivity index (χ0) is 17.9. The monoisotopic (exact) mass is 332 g/mol. The van der Waals surface area contributed by atoms with Gasteiger partial charge in [-0.25, -0.2) is 4.79 Å². The summed E-state index contributed by atoms with van der Waals surface area (Å²) < 4.78 is 10.6. The van der Waals surface area contributed by atoms with Gasteiger partial charge in [-0.05, 0) is 38.0 Å². The highest BCUT2D eigenvalue weighted by atomic mass is 16.5. The largest absolute Gasteiger partial charge is 0.548 e. The number of carbonyl (C=O) groups excluding carboxylic acids is 2. The number of carboxylic acids is 1. The van der Waals surface area contributed by atoms with E-state index < -0.39 is 24.0 Å². The van der Waals surface area contributed by atoms with Gasteiger partial charge in [0.05, 0.1) is 19.6 Å². The normalized spacial score (nSPS) is 10.6. The smallest absolute Gasteiger partial charge is 0.339 e. The predicted octanol–water partition coefficient (Wildman–Crippen LogP) is 0.217. The Kier molecular flexibility index (Phi) is 5.23. The Labute approximate surface area is 138 Å². The number of amides is 1. The fourth-order valence-electron chi connectivity index (χ4n) is 2.58. The van der Waals surface area contributed by atoms with Crippen LogP contribution >= 0.6 is 0 Å². The first-order valence-corrected chi connectivity index (χ1v) is 7.41. The molecule has 0 unspecified atom stereocenters. The number of hydrogen-bond donors (Lipinski definition) is 1. The first-order chi connectivity index (χ1) is 11.3. The minimum atomic E-state index is -1.37. The van der Waals surface area contributed by atoms with Crippen molar-refractivity contribution in [2.75, 3.05) is 13.7 Å². The van der Waals surface area contributed by atoms with Gasteiger partial charge in [-0.15, -0.1) is 0 Å². The summed E-state index contributed by atoms with van der Waals surface area (Å²) in [5, 5.41) is 13.3. The zero-order valence-electron chi connectivity index (χ0n) is 13.7. The Balaban J connectivity index is 2.30. The van der Waals surface area contributed by atoms with Crippen molar-refractivity contribution in [2.45, 2.75) is 26.7 Å². The van der Waals surface area contributed by atoms with Gasteiger partial charge in [0.2, 0.25) is 5.91 Å². The first kappa shape index (κ1) is 17.5. The van der Waals surface area contributed by atoms with E-state index in [9.17, 15) is 19.5 Å². The number of ether oxygens (including phenoxy) is 1. The average molecular weight is 332 g/mol. The summed E-state index contributed by atoms with van der Waals surface area (Å²) in [5.74, 6) is -1.21. The molecule has 2 aromatic rings. The van der Waals surface area contributed by atoms with E-state index in [1.807, 2.05) is 0 Å². The second kappa shape index (κ2) is 7.16. The van der Waals surface area contributed by atoms with Gasteiger partial charge in [0, 0.05) is 22.9 Å². The summed E-state index contributed by atoms with van der Waals surface area (Å²) in [7, 11) is 1.54. The van der Waals surface area contributed by atoms with Crippen molar-refractivity contribution >= 4 is 22.8 Å². The van der Waals surface area contributed by atoms with Crippen LogP contribution in [-0.4, -0.2) is 25.5 Å². The molecular weight excluding hydrogens is 314 g/mol. The van der Waals surface area contributed by atoms with E-state index >= 15 is 0 Å². The molecule has 7 heteroatoms. The van der Waals surface area contributed by atoms with Crippen molar-refractivity contribution in [1.29, 1.82) is 0 Å². The Morgan fingerprint density at radius 2 is 1.96 bits per heavy atom. The SMILES string of the molecule is COc1ccc2c(C)c(CCC(=O)NCC(=O)[O-])c(=O)oc2c1C. The second-order valence-corrected chi connectivity index (χ2v) is 5.41. The molecule has 0 saturated carbocycles. The van der Waals surface area contributed by atoms with Crippen molar-refractivity contribution in [3.63, 3.8) is 0 Å². The van der Waals surface area contributed by atoms with Gasteiger partial charge >= 0.3 is 5.63 Å². The second-order valence-electron chi connectivity index (χ2n) is 5.41. The summed E-state index contributed by atoms with van der Waals surface area (Å²) in [5.41, 5.74) is 1.81. The van der Waals surface area contributed by atoms with Gasteiger partial charge in [0.25, 0.3) is 0 Å². The predicted molar refractivity (Wildman–Crippen MR) is 84.8 cm³/mol. The van der Waals surface area contributed by atoms with Crippen LogP contribution in [0.3, 0.4) is 0 Å². The van der Waals surface area contributed by atoms with Crippen LogP contribution in [0.1, 0.15) is 23.1 Å². The van der Waals surface area contributed by atoms with E-state index in [0.717, 1.165) is 16.5 Å². The average Bonchev–Trinajstić information content (AvgIpc) is 2.53. The Morgan fingerprint density at radius 1 is 1.25 bits per heavy atom. The van der Waals surface area contributed by atoms with Gasteiger partial charge in [0.15, 0.2) is 0 Å². The molecule has 0 saturated heterocycles. The number of carboxylic acid groups (broad SMARTS) is 1. The van der Waals surface area contributed by atoms with E-state index in [1.165, 1.54) is 0 Å². The highest BCUT2D eigenvalue weighted by molar-refractivity contribution is 5.86. The van der Waals surface area contributed by atoms with Gasteiger partial charge in [0.1, 0.15) is 11.3 Å². The lowest BCUT2D eigenvalue weighted by Crippen LogP contribution is -2.37. The lowest BCUT2D eigenvalue weighted by Gasteiger charge is -2.11. The van der Waals surface area contributed by atoms with Crippen LogP contribution in [0.25, 0.3) is 11.0 Å². The van der Waals surface area contributed by atoms with Crippen LogP contribution < -0.4 is 20.8 Å². The molecule has 0 aliphatic heterocycles. The van der Waals surface area contributed by atoms with Crippen molar-refractivity contribution in [3.05, 3.63) is 39.2 Å². The van der Waals surface area contributed by atoms with Crippen LogP contribution in [0.2, 0.25) is 0 Å². The third-order valence-corrected chi connectivity index (χ3v) is 3.91. The lowest BCUT2D eigenvalue weighted by molar-refractivity contribution is -0.304. The molecule has 0 aliphatic carbocycles. The summed E-state index contributed by atoms with van der Waals surface area (Å²) >= 11 is 0. The number of nitrogens with one attached hydrogen (secondary N) is 1. The molecule has 1 aromatic heterocycles. The number of benzene rings is 1. The molecule has 1 heterocycles. The lowest BCUT2D eigenvalue weighted by atomic mass is 10.0. The molecule has 2 rings (SSSR count). The summed E-state index contributed by atoms with van der Waals surface area (Å²) in [6, 6.07) is 3.60. The molecule has 24 heavy (non-hydrogen) atoms. The van der Waals surface area contributed by atoms with E-state index in [2.05, 4.69) is 5.32 Å². The van der Waals surface area contributed by atoms with Crippen molar-refractivity contribution < 1.29 is 23.8 Å². The van der Waals surface area contributed by atoms with Gasteiger partial charge in [-0.3, -0.25) is 4.79 Å². The van der Waals surface area contributed by atoms with Gasteiger partial charge < -0.3 is 24.4 Å². The Morgan fingerprint density at radius 3 is 2.58 bits per heavy atom. The maximum Gasteiger partial charge on any atom is 0.339 e. The van der Waals surface area contributed by atoms with E-state index in [-0.39, 0.29) is 12.8 Å². The molecule has 1 amide bonds. The van der Waals surface area contributed by atoms with Crippen LogP contribution in [-0.2, 0) is 16.0 Å². The molecular formula is C17H18NO6-. The standard InChI is InChI=1S/C17H19NO6/c1-9-11-4-6-13(23-3)10(2)16(11)24-17(22)12(9)5-7-14(19)18-8-15(20)21/h4,6H,5,7-8H2,1-3H3,(H,18,19)(H,20,21)/p-1. The molecule has 0 bridgehead atoms. The third-order valence-electron chi connectivity index (χ3n) is 3.91. The maximum atomic E-state index is 12.2. The summed E-state index contributed by atoms with van der Waals surface area (Å²) in [6.45, 7) is 3.04. The molecule has 0 aliphatic rings. The molecule has 0 spiro atoms. The number of rotatable bonds is 6. The zero-order valence-corrected chi connectivity index (χ0v) is 13.7. The Bertz CT molecular complexity index is 852. The summed E-state index contributed by atoms with van der Waals surface area (Å²) in [4.78, 5) is 34.2. The van der Waals surface area contributed by atoms with Crippen molar-refractivity contribution in [3.8, 4) is 5.75 Å². The van der Waals surface area contributed by atoms with E-state index in [1.54, 1.807) is 33.1 Å². The van der Waals surface area contributed by atoms with Crippen LogP contribution in [0.5, 0.6) is 5.75 Å². The number of methoxy groups -OCH3 is 1. The quantitative estimate of drug-likeness (QED) is 0.758. The minimum absolute atomic E-state index is 0.0144. The molecule has 7 nitrogen and oxygen atoms in total. The molecule has 1 N–H and O–H groups in total. The fraction of sp³-hybridized carbons (Fsp3) is 0.353. The van der Waals surface area contributed by atoms with Gasteiger partial charge in [-0.2, -0.15) is 0 Å². The molecule has 0 atom stereocenters. The number of hydrogen-bond acceptors (Lipinski definition) is 6. The number of aryl methyl sites for hydroxylation is 2. The fourth-order valence-corrected chi connectivity index (χ4v) is 2.58. The molecule has 1 aromatic carbocycles. The van der Waals surface area contributed by atoms with Gasteiger partial charge in [-0.1, -0.05) is 0 Å². The molecule has 128 valence electrons. The topological polar surface area (TPSA) is 109 Å². The van der Waals surface area contributed by atoms with Crippen LogP contribution in [0.15, 0.2) is 21.3 Å². The van der Waals surface area contributed by atoms with Crippen LogP contribution in [0, 0.1) is 13.8 Å². The van der Waals surface area contributed by atoms with E-state index in [0.29, 0.717) is 16.9 Å². The van der Waals surface area contributed by atoms with Crippen LogP contribution in [0.4, 0.5) is 0 Å². The maximum absolute atomic E-state index is 12.2. The first-order valence-electron chi connectivity index (χ1n) is 7.41. The summed E-state index contributed by atoms with van der Waals surface area (Å²) in [6.07, 6.45) is 0.146. The third kappa shape index (κ3) is 3.56. The van der Waals surface area contributed by atoms with Crippen molar-refractivity contribution in [2.24, 2.45) is 0 Å². The molecule has 0 radical (unpaired) electrons. The highest BCUT2D eigenvalue weighted by Gasteiger charge is 2.15. The number of fused-ring (bicyclic) bond motifs is 1. The highest BCUT2D eigenvalue weighted by Crippen LogP contribution is 2.29. The van der Waals surface area contributed by atoms with E-state index in [4.69, 9.17) is 9.15 Å². The Hall–Kier alpha value is -2.83. The minimum Gasteiger partial charge on any atom is -0.548 e. The molecule has 0 fully saturated rings. The number of aliphatic carboxylic acids is 1.